The van der Waals surface area contributed by atoms with Crippen LogP contribution in [0.1, 0.15) is 11.1 Å². The summed E-state index contributed by atoms with van der Waals surface area (Å²) in [6, 6.07) is 14.2. The second-order valence-electron chi connectivity index (χ2n) is 4.86. The molecule has 0 unspecified atom stereocenters. The van der Waals surface area contributed by atoms with Gasteiger partial charge in [-0.15, -0.1) is 0 Å². The molecule has 0 atom stereocenters. The van der Waals surface area contributed by atoms with Gasteiger partial charge in [0.25, 0.3) is 0 Å². The number of hydrogen-bond acceptors (Lipinski definition) is 3. The monoisotopic (exact) mass is 335 g/mol. The second kappa shape index (κ2) is 6.87. The third kappa shape index (κ3) is 4.80. The average Bonchev–Trinajstić information content (AvgIpc) is 2.47. The molecule has 2 aromatic rings. The molecule has 0 aromatic heterocycles. The predicted octanol–water partition coefficient (Wildman–Crippen LogP) is 2.13. The highest BCUT2D eigenvalue weighted by Crippen LogP contribution is 2.10. The van der Waals surface area contributed by atoms with Gasteiger partial charge in [-0.3, -0.25) is 0 Å². The van der Waals surface area contributed by atoms with Gasteiger partial charge in [0.2, 0.25) is 10.0 Å². The SMILES string of the molecule is Cc1ccc(NC(=S)NCc2ccc(S(N)(=O)=O)cc2)cc1. The Balaban J connectivity index is 1.89. The topological polar surface area (TPSA) is 84.2 Å². The van der Waals surface area contributed by atoms with Gasteiger partial charge in [0, 0.05) is 12.2 Å². The minimum atomic E-state index is -3.65. The minimum absolute atomic E-state index is 0.0941. The number of benzene rings is 2. The van der Waals surface area contributed by atoms with Crippen LogP contribution in [-0.4, -0.2) is 13.5 Å². The fourth-order valence-corrected chi connectivity index (χ4v) is 2.50. The Kier molecular flexibility index (Phi) is 5.12. The first kappa shape index (κ1) is 16.4. The van der Waals surface area contributed by atoms with Crippen molar-refractivity contribution in [1.29, 1.82) is 0 Å². The van der Waals surface area contributed by atoms with Crippen LogP contribution in [0.5, 0.6) is 0 Å². The number of anilines is 1. The zero-order valence-electron chi connectivity index (χ0n) is 12.0. The van der Waals surface area contributed by atoms with Crippen LogP contribution in [0.15, 0.2) is 53.4 Å². The first-order valence-electron chi connectivity index (χ1n) is 6.58. The lowest BCUT2D eigenvalue weighted by molar-refractivity contribution is 0.597. The molecule has 0 saturated heterocycles. The Labute approximate surface area is 135 Å². The number of hydrogen-bond donors (Lipinski definition) is 3. The van der Waals surface area contributed by atoms with E-state index in [0.29, 0.717) is 11.7 Å². The quantitative estimate of drug-likeness (QED) is 0.746. The van der Waals surface area contributed by atoms with Crippen molar-refractivity contribution in [2.24, 2.45) is 5.14 Å². The van der Waals surface area contributed by atoms with Crippen LogP contribution in [-0.2, 0) is 16.6 Å². The molecule has 7 heteroatoms. The molecule has 22 heavy (non-hydrogen) atoms. The van der Waals surface area contributed by atoms with Crippen LogP contribution in [0.2, 0.25) is 0 Å². The molecule has 0 spiro atoms. The van der Waals surface area contributed by atoms with Crippen molar-refractivity contribution < 1.29 is 8.42 Å². The lowest BCUT2D eigenvalue weighted by atomic mass is 10.2. The van der Waals surface area contributed by atoms with Crippen molar-refractivity contribution in [2.75, 3.05) is 5.32 Å². The van der Waals surface area contributed by atoms with Crippen LogP contribution >= 0.6 is 12.2 Å². The summed E-state index contributed by atoms with van der Waals surface area (Å²) in [4.78, 5) is 0.0941. The van der Waals surface area contributed by atoms with Crippen LogP contribution in [0.3, 0.4) is 0 Å². The van der Waals surface area contributed by atoms with E-state index < -0.39 is 10.0 Å². The van der Waals surface area contributed by atoms with Gasteiger partial charge in [0.05, 0.1) is 4.90 Å². The van der Waals surface area contributed by atoms with Gasteiger partial charge in [0.1, 0.15) is 0 Å². The first-order valence-corrected chi connectivity index (χ1v) is 8.53. The summed E-state index contributed by atoms with van der Waals surface area (Å²) >= 11 is 5.21. The maximum absolute atomic E-state index is 11.2. The van der Waals surface area contributed by atoms with E-state index in [1.54, 1.807) is 12.1 Å². The molecule has 2 aromatic carbocycles. The molecule has 4 N–H and O–H groups in total. The molecule has 0 bridgehead atoms. The fourth-order valence-electron chi connectivity index (χ4n) is 1.79. The van der Waals surface area contributed by atoms with E-state index in [4.69, 9.17) is 17.4 Å². The molecule has 0 amide bonds. The van der Waals surface area contributed by atoms with Crippen molar-refractivity contribution in [2.45, 2.75) is 18.4 Å². The Bertz CT molecular complexity index is 754. The molecule has 0 aliphatic carbocycles. The highest BCUT2D eigenvalue weighted by molar-refractivity contribution is 7.89. The van der Waals surface area contributed by atoms with Crippen molar-refractivity contribution in [3.8, 4) is 0 Å². The highest BCUT2D eigenvalue weighted by atomic mass is 32.2. The summed E-state index contributed by atoms with van der Waals surface area (Å²) in [5, 5.41) is 11.7. The van der Waals surface area contributed by atoms with Crippen LogP contribution in [0.4, 0.5) is 5.69 Å². The van der Waals surface area contributed by atoms with Gasteiger partial charge in [-0.25, -0.2) is 13.6 Å². The van der Waals surface area contributed by atoms with Crippen molar-refractivity contribution in [3.05, 3.63) is 59.7 Å². The molecule has 0 fully saturated rings. The molecule has 0 aliphatic rings. The number of nitrogens with two attached hydrogens (primary N) is 1. The lowest BCUT2D eigenvalue weighted by Gasteiger charge is -2.11. The maximum Gasteiger partial charge on any atom is 0.238 e. The predicted molar refractivity (Wildman–Crippen MR) is 92.1 cm³/mol. The van der Waals surface area contributed by atoms with Crippen molar-refractivity contribution in [3.63, 3.8) is 0 Å². The van der Waals surface area contributed by atoms with E-state index in [0.717, 1.165) is 11.3 Å². The summed E-state index contributed by atoms with van der Waals surface area (Å²) < 4.78 is 22.3. The molecule has 0 saturated carbocycles. The van der Waals surface area contributed by atoms with Gasteiger partial charge in [-0.1, -0.05) is 29.8 Å². The average molecular weight is 335 g/mol. The summed E-state index contributed by atoms with van der Waals surface area (Å²) in [5.41, 5.74) is 2.99. The number of rotatable bonds is 4. The normalized spacial score (nSPS) is 11.0. The fraction of sp³-hybridized carbons (Fsp3) is 0.133. The van der Waals surface area contributed by atoms with Gasteiger partial charge >= 0.3 is 0 Å². The maximum atomic E-state index is 11.2. The zero-order valence-corrected chi connectivity index (χ0v) is 13.7. The highest BCUT2D eigenvalue weighted by Gasteiger charge is 2.06. The van der Waals surface area contributed by atoms with Gasteiger partial charge in [0.15, 0.2) is 5.11 Å². The van der Waals surface area contributed by atoms with E-state index in [2.05, 4.69) is 10.6 Å². The summed E-state index contributed by atoms with van der Waals surface area (Å²) in [6.07, 6.45) is 0. The molecular weight excluding hydrogens is 318 g/mol. The third-order valence-corrected chi connectivity index (χ3v) is 4.19. The van der Waals surface area contributed by atoms with E-state index >= 15 is 0 Å². The molecule has 5 nitrogen and oxygen atoms in total. The van der Waals surface area contributed by atoms with Crippen LogP contribution in [0, 0.1) is 6.92 Å². The molecule has 0 radical (unpaired) electrons. The Hall–Kier alpha value is -1.96. The number of primary sulfonamides is 1. The van der Waals surface area contributed by atoms with Crippen molar-refractivity contribution >= 4 is 33.0 Å². The summed E-state index contributed by atoms with van der Waals surface area (Å²) in [5.74, 6) is 0. The Morgan fingerprint density at radius 2 is 1.68 bits per heavy atom. The molecule has 116 valence electrons. The largest absolute Gasteiger partial charge is 0.358 e. The van der Waals surface area contributed by atoms with E-state index in [1.807, 2.05) is 31.2 Å². The summed E-state index contributed by atoms with van der Waals surface area (Å²) in [6.45, 7) is 2.51. The van der Waals surface area contributed by atoms with Gasteiger partial charge in [-0.05, 0) is 49.0 Å². The number of nitrogens with one attached hydrogen (secondary N) is 2. The van der Waals surface area contributed by atoms with Crippen LogP contribution in [0.25, 0.3) is 0 Å². The van der Waals surface area contributed by atoms with E-state index in [9.17, 15) is 8.42 Å². The Morgan fingerprint density at radius 3 is 2.23 bits per heavy atom. The Morgan fingerprint density at radius 1 is 1.09 bits per heavy atom. The minimum Gasteiger partial charge on any atom is -0.358 e. The molecule has 2 rings (SSSR count). The number of thiocarbonyl (C=S) groups is 1. The molecule has 0 aliphatic heterocycles. The van der Waals surface area contributed by atoms with Crippen molar-refractivity contribution in [1.82, 2.24) is 5.32 Å². The smallest absolute Gasteiger partial charge is 0.238 e. The molecular formula is C15H17N3O2S2. The van der Waals surface area contributed by atoms with Crippen LogP contribution < -0.4 is 15.8 Å². The molecule has 0 heterocycles. The van der Waals surface area contributed by atoms with Gasteiger partial charge in [-0.2, -0.15) is 0 Å². The number of aryl methyl sites for hydroxylation is 1. The zero-order chi connectivity index (χ0) is 16.2. The summed E-state index contributed by atoms with van der Waals surface area (Å²) in [7, 11) is -3.65. The van der Waals surface area contributed by atoms with E-state index in [1.165, 1.54) is 17.7 Å². The number of sulfonamides is 1. The van der Waals surface area contributed by atoms with E-state index in [-0.39, 0.29) is 4.90 Å². The second-order valence-corrected chi connectivity index (χ2v) is 6.83. The third-order valence-electron chi connectivity index (χ3n) is 3.01. The first-order chi connectivity index (χ1) is 10.3. The lowest BCUT2D eigenvalue weighted by Crippen LogP contribution is -2.27. The standard InChI is InChI=1S/C15H17N3O2S2/c1-11-2-6-13(7-3-11)18-15(21)17-10-12-4-8-14(9-5-12)22(16,19)20/h2-9H,10H2,1H3,(H2,16,19,20)(H2,17,18,21). The van der Waals surface area contributed by atoms with Gasteiger partial charge < -0.3 is 10.6 Å².